The smallest absolute Gasteiger partial charge is 0.291 e. The van der Waals surface area contributed by atoms with Gasteiger partial charge in [-0.1, -0.05) is 18.7 Å². The Morgan fingerprint density at radius 1 is 1.48 bits per heavy atom. The van der Waals surface area contributed by atoms with Gasteiger partial charge in [-0.05, 0) is 25.1 Å². The molecule has 0 saturated carbocycles. The van der Waals surface area contributed by atoms with E-state index in [1.165, 1.54) is 0 Å². The maximum Gasteiger partial charge on any atom is 0.291 e. The van der Waals surface area contributed by atoms with Gasteiger partial charge < -0.3 is 14.5 Å². The Bertz CT molecular complexity index is 649. The summed E-state index contributed by atoms with van der Waals surface area (Å²) in [4.78, 5) is 12.1. The van der Waals surface area contributed by atoms with E-state index in [4.69, 9.17) is 20.8 Å². The molecule has 21 heavy (non-hydrogen) atoms. The molecule has 110 valence electrons. The van der Waals surface area contributed by atoms with Crippen LogP contribution >= 0.6 is 11.6 Å². The highest BCUT2D eigenvalue weighted by atomic mass is 35.5. The number of carbonyl (C=O) groups is 1. The third kappa shape index (κ3) is 3.89. The van der Waals surface area contributed by atoms with Crippen molar-refractivity contribution in [3.8, 4) is 5.75 Å². The summed E-state index contributed by atoms with van der Waals surface area (Å²) in [5.74, 6) is 1.53. The molecule has 0 unspecified atom stereocenters. The van der Waals surface area contributed by atoms with Gasteiger partial charge in [0.25, 0.3) is 5.91 Å². The lowest BCUT2D eigenvalue weighted by molar-refractivity contribution is 0.0995. The minimum absolute atomic E-state index is 0.237. The number of anilines is 1. The summed E-state index contributed by atoms with van der Waals surface area (Å²) in [7, 11) is 0. The fourth-order valence-corrected chi connectivity index (χ4v) is 2.04. The Labute approximate surface area is 128 Å². The molecule has 0 aliphatic carbocycles. The van der Waals surface area contributed by atoms with E-state index < -0.39 is 0 Å². The number of halogens is 1. The zero-order valence-electron chi connectivity index (χ0n) is 11.7. The van der Waals surface area contributed by atoms with Crippen LogP contribution in [0.3, 0.4) is 0 Å². The van der Waals surface area contributed by atoms with Crippen molar-refractivity contribution in [3.05, 3.63) is 60.1 Å². The van der Waals surface area contributed by atoms with Crippen LogP contribution in [-0.4, -0.2) is 12.5 Å². The summed E-state index contributed by atoms with van der Waals surface area (Å²) in [5.41, 5.74) is 1.44. The van der Waals surface area contributed by atoms with Crippen LogP contribution in [0.25, 0.3) is 0 Å². The van der Waals surface area contributed by atoms with E-state index in [1.54, 1.807) is 37.3 Å². The fourth-order valence-electron chi connectivity index (χ4n) is 1.78. The molecule has 0 aliphatic heterocycles. The predicted octanol–water partition coefficient (Wildman–Crippen LogP) is 4.14. The Kier molecular flexibility index (Phi) is 5.06. The topological polar surface area (TPSA) is 51.5 Å². The predicted molar refractivity (Wildman–Crippen MR) is 83.1 cm³/mol. The first-order chi connectivity index (χ1) is 10.1. The second-order valence-corrected chi connectivity index (χ2v) is 4.67. The number of furan rings is 1. The average Bonchev–Trinajstić information content (AvgIpc) is 2.87. The fraction of sp³-hybridized carbons (Fsp3) is 0.188. The summed E-state index contributed by atoms with van der Waals surface area (Å²) >= 11 is 5.76. The lowest BCUT2D eigenvalue weighted by Gasteiger charge is -2.07. The van der Waals surface area contributed by atoms with Crippen molar-refractivity contribution in [2.24, 2.45) is 0 Å². The van der Waals surface area contributed by atoms with E-state index in [2.05, 4.69) is 11.9 Å². The van der Waals surface area contributed by atoms with Crippen LogP contribution < -0.4 is 10.1 Å². The quantitative estimate of drug-likeness (QED) is 0.644. The van der Waals surface area contributed by atoms with Crippen molar-refractivity contribution in [1.29, 1.82) is 0 Å². The Hall–Kier alpha value is -2.20. The van der Waals surface area contributed by atoms with Crippen molar-refractivity contribution in [2.75, 3.05) is 11.9 Å². The maximum absolute atomic E-state index is 12.1. The number of nitrogens with one attached hydrogen (secondary N) is 1. The number of hydrogen-bond donors (Lipinski definition) is 1. The molecule has 4 nitrogen and oxygen atoms in total. The lowest BCUT2D eigenvalue weighted by Crippen LogP contribution is -2.10. The summed E-state index contributed by atoms with van der Waals surface area (Å²) in [5, 5.41) is 2.76. The zero-order chi connectivity index (χ0) is 15.2. The standard InChI is InChI=1S/C16H16ClNO3/c1-3-7-20-14-6-4-5-13(9-14)18-16(19)15-8-12(10-17)11(2)21-15/h3-6,8-9H,1,7,10H2,2H3,(H,18,19). The first kappa shape index (κ1) is 15.2. The summed E-state index contributed by atoms with van der Waals surface area (Å²) < 4.78 is 10.8. The first-order valence-corrected chi connectivity index (χ1v) is 6.98. The molecular formula is C16H16ClNO3. The van der Waals surface area contributed by atoms with Gasteiger partial charge >= 0.3 is 0 Å². The molecular weight excluding hydrogens is 290 g/mol. The molecule has 0 aliphatic rings. The molecule has 0 radical (unpaired) electrons. The maximum atomic E-state index is 12.1. The van der Waals surface area contributed by atoms with Gasteiger partial charge in [-0.2, -0.15) is 0 Å². The van der Waals surface area contributed by atoms with Crippen LogP contribution in [0.5, 0.6) is 5.75 Å². The molecule has 0 fully saturated rings. The minimum atomic E-state index is -0.324. The molecule has 1 amide bonds. The van der Waals surface area contributed by atoms with Crippen molar-refractivity contribution < 1.29 is 13.9 Å². The van der Waals surface area contributed by atoms with Gasteiger partial charge in [-0.25, -0.2) is 0 Å². The van der Waals surface area contributed by atoms with Crippen LogP contribution in [0.2, 0.25) is 0 Å². The molecule has 0 spiro atoms. The highest BCUT2D eigenvalue weighted by Gasteiger charge is 2.14. The van der Waals surface area contributed by atoms with E-state index in [9.17, 15) is 4.79 Å². The normalized spacial score (nSPS) is 10.2. The number of ether oxygens (including phenoxy) is 1. The van der Waals surface area contributed by atoms with E-state index in [1.807, 2.05) is 6.07 Å². The van der Waals surface area contributed by atoms with Gasteiger partial charge in [0.15, 0.2) is 5.76 Å². The van der Waals surface area contributed by atoms with Crippen LogP contribution in [0.4, 0.5) is 5.69 Å². The third-order valence-electron chi connectivity index (χ3n) is 2.85. The van der Waals surface area contributed by atoms with Gasteiger partial charge in [0.1, 0.15) is 18.1 Å². The number of alkyl halides is 1. The zero-order valence-corrected chi connectivity index (χ0v) is 12.4. The van der Waals surface area contributed by atoms with E-state index >= 15 is 0 Å². The van der Waals surface area contributed by atoms with Gasteiger partial charge in [0.05, 0.1) is 5.88 Å². The van der Waals surface area contributed by atoms with Crippen molar-refractivity contribution >= 4 is 23.2 Å². The molecule has 2 rings (SSSR count). The monoisotopic (exact) mass is 305 g/mol. The Balaban J connectivity index is 2.09. The van der Waals surface area contributed by atoms with Crippen molar-refractivity contribution in [3.63, 3.8) is 0 Å². The van der Waals surface area contributed by atoms with Gasteiger partial charge in [0.2, 0.25) is 0 Å². The SMILES string of the molecule is C=CCOc1cccc(NC(=O)c2cc(CCl)c(C)o2)c1. The molecule has 0 bridgehead atoms. The van der Waals surface area contributed by atoms with E-state index in [0.717, 1.165) is 5.56 Å². The molecule has 5 heteroatoms. The number of carbonyl (C=O) groups excluding carboxylic acids is 1. The summed E-state index contributed by atoms with van der Waals surface area (Å²) in [6.45, 7) is 5.77. The number of amides is 1. The van der Waals surface area contributed by atoms with Crippen LogP contribution in [0, 0.1) is 6.92 Å². The minimum Gasteiger partial charge on any atom is -0.489 e. The Morgan fingerprint density at radius 3 is 2.95 bits per heavy atom. The van der Waals surface area contributed by atoms with Crippen molar-refractivity contribution in [1.82, 2.24) is 0 Å². The van der Waals surface area contributed by atoms with Gasteiger partial charge in [0, 0.05) is 17.3 Å². The Morgan fingerprint density at radius 2 is 2.29 bits per heavy atom. The molecule has 2 aromatic rings. The molecule has 0 saturated heterocycles. The number of rotatable bonds is 6. The molecule has 1 aromatic carbocycles. The van der Waals surface area contributed by atoms with Gasteiger partial charge in [-0.3, -0.25) is 4.79 Å². The van der Waals surface area contributed by atoms with Crippen molar-refractivity contribution in [2.45, 2.75) is 12.8 Å². The summed E-state index contributed by atoms with van der Waals surface area (Å²) in [6.07, 6.45) is 1.66. The number of hydrogen-bond acceptors (Lipinski definition) is 3. The molecule has 1 heterocycles. The lowest BCUT2D eigenvalue weighted by atomic mass is 10.2. The van der Waals surface area contributed by atoms with Gasteiger partial charge in [-0.15, -0.1) is 11.6 Å². The average molecular weight is 306 g/mol. The molecule has 1 aromatic heterocycles. The second kappa shape index (κ2) is 6.99. The molecule has 1 N–H and O–H groups in total. The van der Waals surface area contributed by atoms with E-state index in [-0.39, 0.29) is 11.7 Å². The highest BCUT2D eigenvalue weighted by molar-refractivity contribution is 6.17. The van der Waals surface area contributed by atoms with Crippen LogP contribution in [0.1, 0.15) is 21.9 Å². The number of benzene rings is 1. The largest absolute Gasteiger partial charge is 0.489 e. The van der Waals surface area contributed by atoms with Crippen LogP contribution in [0.15, 0.2) is 47.4 Å². The highest BCUT2D eigenvalue weighted by Crippen LogP contribution is 2.20. The van der Waals surface area contributed by atoms with E-state index in [0.29, 0.717) is 29.7 Å². The number of aryl methyl sites for hydroxylation is 1. The third-order valence-corrected chi connectivity index (χ3v) is 3.14. The molecule has 0 atom stereocenters. The summed E-state index contributed by atoms with van der Waals surface area (Å²) in [6, 6.07) is 8.76. The van der Waals surface area contributed by atoms with Crippen LogP contribution in [-0.2, 0) is 5.88 Å². The second-order valence-electron chi connectivity index (χ2n) is 4.41. The first-order valence-electron chi connectivity index (χ1n) is 6.44.